The summed E-state index contributed by atoms with van der Waals surface area (Å²) >= 11 is 0. The van der Waals surface area contributed by atoms with Crippen LogP contribution in [-0.4, -0.2) is 62.9 Å². The first-order valence-corrected chi connectivity index (χ1v) is 27.1. The number of ketones is 1. The van der Waals surface area contributed by atoms with Gasteiger partial charge in [-0.15, -0.1) is 12.2 Å². The number of Topliss-reactive ketones (excluding diaryl/α,β-unsaturated/α-hetero) is 1. The van der Waals surface area contributed by atoms with Crippen LogP contribution in [0, 0.1) is 0 Å². The number of benzene rings is 8. The Morgan fingerprint density at radius 3 is 1.18 bits per heavy atom. The highest BCUT2D eigenvalue weighted by molar-refractivity contribution is 6.19. The van der Waals surface area contributed by atoms with Crippen LogP contribution in [0.25, 0.3) is 43.1 Å². The molecule has 9 aromatic rings. The molecule has 6 aliphatic heterocycles. The number of amides is 3. The van der Waals surface area contributed by atoms with Gasteiger partial charge in [0, 0.05) is 56.4 Å². The molecule has 0 spiro atoms. The molecule has 3 unspecified atom stereocenters. The summed E-state index contributed by atoms with van der Waals surface area (Å²) in [6, 6.07) is 43.3. The van der Waals surface area contributed by atoms with E-state index in [-0.39, 0.29) is 44.0 Å². The average Bonchev–Trinajstić information content (AvgIpc) is 1.67. The Kier molecular flexibility index (Phi) is 14.2. The van der Waals surface area contributed by atoms with Crippen LogP contribution >= 0.6 is 0 Å². The highest BCUT2D eigenvalue weighted by Crippen LogP contribution is 2.56. The maximum atomic E-state index is 14.0. The summed E-state index contributed by atoms with van der Waals surface area (Å²) < 4.78 is 0. The van der Waals surface area contributed by atoms with E-state index in [1.54, 1.807) is 16.7 Å². The van der Waals surface area contributed by atoms with Crippen molar-refractivity contribution >= 4 is 112 Å². The summed E-state index contributed by atoms with van der Waals surface area (Å²) in [6.45, 7) is 9.53. The molecule has 18 nitrogen and oxygen atoms in total. The molecule has 1 saturated carbocycles. The highest BCUT2D eigenvalue weighted by atomic mass is 16.3. The predicted molar refractivity (Wildman–Crippen MR) is 329 cm³/mol. The van der Waals surface area contributed by atoms with Crippen LogP contribution in [0.1, 0.15) is 98.1 Å². The Morgan fingerprint density at radius 2 is 0.833 bits per heavy atom. The molecule has 0 bridgehead atoms. The molecule has 9 N–H and O–H groups in total. The topological polar surface area (TPSA) is 287 Å². The number of carbonyl (C=O) groups is 4. The lowest BCUT2D eigenvalue weighted by Gasteiger charge is -2.62. The zero-order valence-corrected chi connectivity index (χ0v) is 45.5. The van der Waals surface area contributed by atoms with Gasteiger partial charge in [-0.2, -0.15) is 0 Å². The Morgan fingerprint density at radius 1 is 0.512 bits per heavy atom. The summed E-state index contributed by atoms with van der Waals surface area (Å²) in [6.07, 6.45) is -0.143. The van der Waals surface area contributed by atoms with Crippen LogP contribution < -0.4 is 63.2 Å². The smallest absolute Gasteiger partial charge is 0.275 e. The Balaban J connectivity index is 0.000000146. The van der Waals surface area contributed by atoms with Crippen molar-refractivity contribution in [1.82, 2.24) is 0 Å². The van der Waals surface area contributed by atoms with E-state index in [0.29, 0.717) is 25.7 Å². The molecule has 3 amide bonds. The van der Waals surface area contributed by atoms with Gasteiger partial charge in [0.2, 0.25) is 29.2 Å². The lowest BCUT2D eigenvalue weighted by atomic mass is 9.62. The molecule has 84 heavy (non-hydrogen) atoms. The van der Waals surface area contributed by atoms with Crippen LogP contribution in [0.3, 0.4) is 0 Å². The summed E-state index contributed by atoms with van der Waals surface area (Å²) in [4.78, 5) is 72.0. The van der Waals surface area contributed by atoms with Crippen LogP contribution in [-0.2, 0) is 19.2 Å². The molecular weight excluding hydrogens is 1060 g/mol. The number of anilines is 8. The first-order valence-electron chi connectivity index (χ1n) is 27.1. The standard InChI is InChI=1S/C32H26N4O4.C14H12N2O.C10H10N2.C4H2O4.C4H8O.2CH4/c1-31-13-23(37)35(31)21-7-3-5-15-17(9-11-19(33-31)25(15)21)27-29(39)28(30(27)40)18-10-12-20-26-16(18)6-4-8-22(26)36-24(38)14-32(36,2)34-20;1-14-8-12(17)16(14)11-7-3-5-9-4-2-6-10(15-14)13(9)11;11-8-5-1-3-7-4-2-6-9(12)10(7)8;5-1-2(6)4(8)3(1)7;1-3-4(2)5;;/h3-12,27-30,33-34H,13-14H2,1-2H3;2-7,15H,8H2,1H3;1-6H,11-12H2;5-6H;3H2,1-2H3;2*1H4/q-2;;;;;;. The monoisotopic (exact) mass is 1130 g/mol. The van der Waals surface area contributed by atoms with E-state index in [4.69, 9.17) is 21.7 Å². The largest absolute Gasteiger partial charge is 0.851 e. The SMILES string of the molecule is C.C.CC12CC(=O)N1c1cccc3c(C4C([O-])C(c5ccc6c7c(cccc57)N5C(=O)CC5(C)N6)C4[O-])ccc(c13)N2.CC12CC(=O)N1c1cccc3cccc(c13)N2.CCC(C)=O.Nc1cccc2cccc(N)c12.O=c1c(O)c(O)c1=O. The number of carbonyl (C=O) groups excluding carboxylic acids is 4. The van der Waals surface area contributed by atoms with E-state index in [1.165, 1.54) is 5.39 Å². The van der Waals surface area contributed by atoms with Gasteiger partial charge >= 0.3 is 0 Å². The third kappa shape index (κ3) is 8.69. The van der Waals surface area contributed by atoms with Crippen molar-refractivity contribution < 1.29 is 39.6 Å². The van der Waals surface area contributed by atoms with Gasteiger partial charge in [-0.25, -0.2) is 0 Å². The number of rotatable bonds is 3. The second-order valence-electron chi connectivity index (χ2n) is 22.6. The lowest BCUT2D eigenvalue weighted by Crippen LogP contribution is -2.68. The zero-order valence-electron chi connectivity index (χ0n) is 45.5. The molecule has 9 aromatic carbocycles. The van der Waals surface area contributed by atoms with Crippen molar-refractivity contribution in [2.45, 2.75) is 116 Å². The summed E-state index contributed by atoms with van der Waals surface area (Å²) in [5.41, 5.74) is 17.0. The molecular formula is C66H66N8O10-2. The molecule has 3 saturated heterocycles. The summed E-state index contributed by atoms with van der Waals surface area (Å²) in [7, 11) is 0. The van der Waals surface area contributed by atoms with Gasteiger partial charge < -0.3 is 52.6 Å². The van der Waals surface area contributed by atoms with Crippen LogP contribution in [0.4, 0.5) is 45.5 Å². The molecule has 18 heteroatoms. The van der Waals surface area contributed by atoms with Gasteiger partial charge in [-0.05, 0) is 121 Å². The van der Waals surface area contributed by atoms with E-state index in [9.17, 15) is 39.0 Å². The molecule has 6 heterocycles. The second kappa shape index (κ2) is 20.7. The minimum Gasteiger partial charge on any atom is -0.851 e. The van der Waals surface area contributed by atoms with E-state index in [1.807, 2.05) is 141 Å². The van der Waals surface area contributed by atoms with Gasteiger partial charge in [-0.1, -0.05) is 107 Å². The van der Waals surface area contributed by atoms with Crippen LogP contribution in [0.5, 0.6) is 11.5 Å². The Hall–Kier alpha value is -9.52. The van der Waals surface area contributed by atoms with E-state index in [0.717, 1.165) is 94.3 Å². The number of nitrogen functional groups attached to an aromatic ring is 2. The van der Waals surface area contributed by atoms with E-state index in [2.05, 4.69) is 41.1 Å². The fraction of sp³-hybridized carbons (Fsp3) is 0.273. The van der Waals surface area contributed by atoms with Crippen molar-refractivity contribution in [3.8, 4) is 11.5 Å². The first kappa shape index (κ1) is 57.7. The number of hydrogen-bond donors (Lipinski definition) is 7. The predicted octanol–water partition coefficient (Wildman–Crippen LogP) is 8.76. The van der Waals surface area contributed by atoms with E-state index >= 15 is 0 Å². The van der Waals surface area contributed by atoms with Gasteiger partial charge in [0.25, 0.3) is 10.9 Å². The molecule has 0 aromatic heterocycles. The fourth-order valence-electron chi connectivity index (χ4n) is 13.0. The highest BCUT2D eigenvalue weighted by Gasteiger charge is 2.54. The number of nitrogens with one attached hydrogen (secondary N) is 3. The van der Waals surface area contributed by atoms with Crippen molar-refractivity contribution in [3.05, 3.63) is 165 Å². The number of nitrogens with two attached hydrogens (primary N) is 2. The quantitative estimate of drug-likeness (QED) is 0.0494. The van der Waals surface area contributed by atoms with Gasteiger partial charge in [0.1, 0.15) is 22.8 Å². The average molecular weight is 1130 g/mol. The molecule has 7 aliphatic rings. The van der Waals surface area contributed by atoms with Crippen molar-refractivity contribution in [3.63, 3.8) is 0 Å². The first-order chi connectivity index (χ1) is 39.1. The normalized spacial score (nSPS) is 23.7. The Labute approximate surface area is 484 Å². The molecule has 0 radical (unpaired) electrons. The fourth-order valence-corrected chi connectivity index (χ4v) is 13.0. The number of aromatic hydroxyl groups is 2. The molecule has 432 valence electrons. The van der Waals surface area contributed by atoms with Crippen LogP contribution in [0.15, 0.2) is 143 Å². The minimum absolute atomic E-state index is 0. The van der Waals surface area contributed by atoms with Crippen molar-refractivity contribution in [2.24, 2.45) is 0 Å². The van der Waals surface area contributed by atoms with E-state index < -0.39 is 57.7 Å². The number of hydrogen-bond acceptors (Lipinski definition) is 15. The van der Waals surface area contributed by atoms with Gasteiger partial charge in [0.05, 0.1) is 36.3 Å². The molecule has 1 aliphatic carbocycles. The maximum Gasteiger partial charge on any atom is 0.275 e. The van der Waals surface area contributed by atoms with Crippen molar-refractivity contribution in [2.75, 3.05) is 42.1 Å². The summed E-state index contributed by atoms with van der Waals surface area (Å²) in [5, 5.41) is 62.7. The van der Waals surface area contributed by atoms with Gasteiger partial charge in [-0.3, -0.25) is 38.7 Å². The van der Waals surface area contributed by atoms with Crippen LogP contribution in [0.2, 0.25) is 0 Å². The number of fused-ring (bicyclic) bond motifs is 7. The third-order valence-electron chi connectivity index (χ3n) is 17.1. The summed E-state index contributed by atoms with van der Waals surface area (Å²) in [5.74, 6) is -2.47. The molecule has 16 rings (SSSR count). The molecule has 4 fully saturated rings. The lowest BCUT2D eigenvalue weighted by molar-refractivity contribution is -0.535. The third-order valence-corrected chi connectivity index (χ3v) is 17.1. The second-order valence-corrected chi connectivity index (χ2v) is 22.6. The minimum atomic E-state index is -1.11. The zero-order chi connectivity index (χ0) is 58.1. The molecule has 3 atom stereocenters. The number of β-lactam (4-membered cyclic amide) rings is 3. The number of nitrogens with zero attached hydrogens (tertiary/aromatic N) is 3. The Bertz CT molecular complexity index is 4100. The maximum absolute atomic E-state index is 14.0. The van der Waals surface area contributed by atoms with Gasteiger partial charge in [0.15, 0.2) is 0 Å². The van der Waals surface area contributed by atoms with Crippen molar-refractivity contribution in [1.29, 1.82) is 0 Å².